The second-order valence-corrected chi connectivity index (χ2v) is 4.99. The lowest BCUT2D eigenvalue weighted by atomic mass is 10.2. The molecule has 0 bridgehead atoms. The van der Waals surface area contributed by atoms with E-state index in [4.69, 9.17) is 4.74 Å². The minimum atomic E-state index is -2.88. The molecule has 0 aliphatic heterocycles. The zero-order chi connectivity index (χ0) is 17.5. The zero-order valence-corrected chi connectivity index (χ0v) is 12.9. The summed E-state index contributed by atoms with van der Waals surface area (Å²) in [5.74, 6) is -0.827. The fourth-order valence-electron chi connectivity index (χ4n) is 1.95. The largest absolute Gasteiger partial charge is 0.481 e. The molecule has 0 saturated heterocycles. The van der Waals surface area contributed by atoms with Crippen molar-refractivity contribution in [1.82, 2.24) is 4.90 Å². The lowest BCUT2D eigenvalue weighted by Gasteiger charge is -2.18. The highest BCUT2D eigenvalue weighted by Crippen LogP contribution is 2.17. The highest BCUT2D eigenvalue weighted by molar-refractivity contribution is 5.77. The summed E-state index contributed by atoms with van der Waals surface area (Å²) in [5.41, 5.74) is 0.735. The predicted octanol–water partition coefficient (Wildman–Crippen LogP) is 3.46. The standard InChI is InChI=1S/C17H16F3NO3/c1-21(10-12-6-8-13(9-7-12)24-17(19)20)16(22)11-23-15-5-3-2-4-14(15)18/h2-9,17H,10-11H2,1H3. The van der Waals surface area contributed by atoms with Crippen LogP contribution in [0.2, 0.25) is 0 Å². The molecule has 0 aliphatic rings. The van der Waals surface area contributed by atoms with Crippen LogP contribution >= 0.6 is 0 Å². The minimum absolute atomic E-state index is 0.00718. The van der Waals surface area contributed by atoms with Gasteiger partial charge in [-0.2, -0.15) is 8.78 Å². The molecule has 2 aromatic carbocycles. The van der Waals surface area contributed by atoms with E-state index in [1.165, 1.54) is 35.2 Å². The van der Waals surface area contributed by atoms with E-state index >= 15 is 0 Å². The van der Waals surface area contributed by atoms with Gasteiger partial charge in [0.25, 0.3) is 5.91 Å². The first-order chi connectivity index (χ1) is 11.5. The van der Waals surface area contributed by atoms with Gasteiger partial charge in [0, 0.05) is 13.6 Å². The maximum absolute atomic E-state index is 13.4. The molecule has 0 aromatic heterocycles. The molecular weight excluding hydrogens is 323 g/mol. The van der Waals surface area contributed by atoms with Crippen LogP contribution in [0.15, 0.2) is 48.5 Å². The monoisotopic (exact) mass is 339 g/mol. The second-order valence-electron chi connectivity index (χ2n) is 4.99. The number of nitrogens with zero attached hydrogens (tertiary/aromatic N) is 1. The average Bonchev–Trinajstić information content (AvgIpc) is 2.55. The summed E-state index contributed by atoms with van der Waals surface area (Å²) in [6, 6.07) is 11.8. The number of alkyl halides is 2. The van der Waals surface area contributed by atoms with Crippen molar-refractivity contribution in [3.05, 3.63) is 59.9 Å². The molecule has 0 saturated carbocycles. The number of amides is 1. The minimum Gasteiger partial charge on any atom is -0.481 e. The number of rotatable bonds is 7. The number of hydrogen-bond donors (Lipinski definition) is 0. The van der Waals surface area contributed by atoms with Crippen LogP contribution in [0.4, 0.5) is 13.2 Å². The summed E-state index contributed by atoms with van der Waals surface area (Å²) in [6.45, 7) is -2.92. The summed E-state index contributed by atoms with van der Waals surface area (Å²) >= 11 is 0. The van der Waals surface area contributed by atoms with E-state index < -0.39 is 12.4 Å². The van der Waals surface area contributed by atoms with Crippen LogP contribution in [0.3, 0.4) is 0 Å². The molecule has 24 heavy (non-hydrogen) atoms. The van der Waals surface area contributed by atoms with Gasteiger partial charge in [-0.05, 0) is 29.8 Å². The van der Waals surface area contributed by atoms with Gasteiger partial charge < -0.3 is 14.4 Å². The van der Waals surface area contributed by atoms with Crippen LogP contribution in [0.25, 0.3) is 0 Å². The van der Waals surface area contributed by atoms with Crippen molar-refractivity contribution in [2.45, 2.75) is 13.2 Å². The first-order valence-electron chi connectivity index (χ1n) is 7.11. The Morgan fingerprint density at radius 1 is 1.12 bits per heavy atom. The first-order valence-corrected chi connectivity index (χ1v) is 7.11. The summed E-state index contributed by atoms with van der Waals surface area (Å²) < 4.78 is 47.0. The van der Waals surface area contributed by atoms with Gasteiger partial charge >= 0.3 is 6.61 Å². The summed E-state index contributed by atoms with van der Waals surface area (Å²) in [4.78, 5) is 13.4. The number of likely N-dealkylation sites (N-methyl/N-ethyl adjacent to an activating group) is 1. The van der Waals surface area contributed by atoms with E-state index in [-0.39, 0.29) is 30.6 Å². The molecule has 2 rings (SSSR count). The Morgan fingerprint density at radius 2 is 1.79 bits per heavy atom. The molecular formula is C17H16F3NO3. The lowest BCUT2D eigenvalue weighted by Crippen LogP contribution is -2.31. The second kappa shape index (κ2) is 8.24. The van der Waals surface area contributed by atoms with Gasteiger partial charge in [0.1, 0.15) is 5.75 Å². The molecule has 0 spiro atoms. The summed E-state index contributed by atoms with van der Waals surface area (Å²) in [6.07, 6.45) is 0. The van der Waals surface area contributed by atoms with E-state index in [9.17, 15) is 18.0 Å². The third kappa shape index (κ3) is 5.19. The Balaban J connectivity index is 1.86. The highest BCUT2D eigenvalue weighted by Gasteiger charge is 2.12. The number of halogens is 3. The molecule has 128 valence electrons. The molecule has 7 heteroatoms. The van der Waals surface area contributed by atoms with Crippen molar-refractivity contribution >= 4 is 5.91 Å². The Hall–Kier alpha value is -2.70. The number of carbonyl (C=O) groups excluding carboxylic acids is 1. The van der Waals surface area contributed by atoms with Crippen LogP contribution < -0.4 is 9.47 Å². The molecule has 4 nitrogen and oxygen atoms in total. The van der Waals surface area contributed by atoms with E-state index in [1.54, 1.807) is 25.2 Å². The van der Waals surface area contributed by atoms with Gasteiger partial charge in [0.05, 0.1) is 0 Å². The maximum atomic E-state index is 13.4. The predicted molar refractivity (Wildman–Crippen MR) is 81.4 cm³/mol. The Labute approximate surface area is 137 Å². The third-order valence-corrected chi connectivity index (χ3v) is 3.18. The normalized spacial score (nSPS) is 10.5. The number of ether oxygens (including phenoxy) is 2. The quantitative estimate of drug-likeness (QED) is 0.775. The molecule has 0 N–H and O–H groups in total. The van der Waals surface area contributed by atoms with Crippen LogP contribution in [0.5, 0.6) is 11.5 Å². The maximum Gasteiger partial charge on any atom is 0.387 e. The smallest absolute Gasteiger partial charge is 0.387 e. The van der Waals surface area contributed by atoms with Crippen molar-refractivity contribution in [2.24, 2.45) is 0 Å². The zero-order valence-electron chi connectivity index (χ0n) is 12.9. The van der Waals surface area contributed by atoms with Crippen molar-refractivity contribution < 1.29 is 27.4 Å². The molecule has 1 amide bonds. The Kier molecular flexibility index (Phi) is 6.06. The van der Waals surface area contributed by atoms with Gasteiger partial charge in [0.2, 0.25) is 0 Å². The Bertz CT molecular complexity index is 677. The number of para-hydroxylation sites is 1. The highest BCUT2D eigenvalue weighted by atomic mass is 19.3. The van der Waals surface area contributed by atoms with Crippen molar-refractivity contribution in [2.75, 3.05) is 13.7 Å². The van der Waals surface area contributed by atoms with E-state index in [2.05, 4.69) is 4.74 Å². The van der Waals surface area contributed by atoms with Crippen LogP contribution in [0.1, 0.15) is 5.56 Å². The first kappa shape index (κ1) is 17.7. The van der Waals surface area contributed by atoms with Gasteiger partial charge in [-0.3, -0.25) is 4.79 Å². The van der Waals surface area contributed by atoms with E-state index in [1.807, 2.05) is 0 Å². The van der Waals surface area contributed by atoms with Crippen molar-refractivity contribution in [1.29, 1.82) is 0 Å². The van der Waals surface area contributed by atoms with Gasteiger partial charge in [0.15, 0.2) is 18.2 Å². The van der Waals surface area contributed by atoms with Crippen LogP contribution in [-0.4, -0.2) is 31.1 Å². The van der Waals surface area contributed by atoms with Crippen molar-refractivity contribution in [3.63, 3.8) is 0 Å². The molecule has 0 unspecified atom stereocenters. The van der Waals surface area contributed by atoms with Gasteiger partial charge in [-0.1, -0.05) is 24.3 Å². The average molecular weight is 339 g/mol. The summed E-state index contributed by atoms with van der Waals surface area (Å²) in [5, 5.41) is 0. The lowest BCUT2D eigenvalue weighted by molar-refractivity contribution is -0.132. The summed E-state index contributed by atoms with van der Waals surface area (Å²) in [7, 11) is 1.57. The Morgan fingerprint density at radius 3 is 2.42 bits per heavy atom. The van der Waals surface area contributed by atoms with Crippen molar-refractivity contribution in [3.8, 4) is 11.5 Å². The third-order valence-electron chi connectivity index (χ3n) is 3.18. The molecule has 2 aromatic rings. The van der Waals surface area contributed by atoms with Gasteiger partial charge in [-0.15, -0.1) is 0 Å². The van der Waals surface area contributed by atoms with Crippen LogP contribution in [-0.2, 0) is 11.3 Å². The van der Waals surface area contributed by atoms with E-state index in [0.29, 0.717) is 0 Å². The number of carbonyl (C=O) groups is 1. The SMILES string of the molecule is CN(Cc1ccc(OC(F)F)cc1)C(=O)COc1ccccc1F. The molecule has 0 atom stereocenters. The van der Waals surface area contributed by atoms with E-state index in [0.717, 1.165) is 5.56 Å². The molecule has 0 radical (unpaired) electrons. The number of benzene rings is 2. The fraction of sp³-hybridized carbons (Fsp3) is 0.235. The molecule has 0 fully saturated rings. The molecule has 0 heterocycles. The fourth-order valence-corrected chi connectivity index (χ4v) is 1.95. The topological polar surface area (TPSA) is 38.8 Å². The van der Waals surface area contributed by atoms with Crippen LogP contribution in [0, 0.1) is 5.82 Å². The number of hydrogen-bond acceptors (Lipinski definition) is 3. The molecule has 0 aliphatic carbocycles. The van der Waals surface area contributed by atoms with Gasteiger partial charge in [-0.25, -0.2) is 4.39 Å².